The molecule has 0 amide bonds. The Balaban J connectivity index is 2.82. The molecule has 0 N–H and O–H groups in total. The van der Waals surface area contributed by atoms with E-state index in [2.05, 4.69) is 13.5 Å². The third-order valence-corrected chi connectivity index (χ3v) is 0.707. The maximum Gasteiger partial charge on any atom is 0.0570 e. The normalized spacial score (nSPS) is 10.5. The quantitative estimate of drug-likeness (QED) is 0.461. The van der Waals surface area contributed by atoms with Gasteiger partial charge in [-0.2, -0.15) is 0 Å². The van der Waals surface area contributed by atoms with Crippen LogP contribution in [0.3, 0.4) is 0 Å². The third-order valence-electron chi connectivity index (χ3n) is 0.707. The average Bonchev–Trinajstić information content (AvgIpc) is 1.61. The average molecular weight is 85.2 g/mol. The van der Waals surface area contributed by atoms with Gasteiger partial charge in [0.1, 0.15) is 0 Å². The van der Waals surface area contributed by atoms with Crippen LogP contribution in [0, 0.1) is 0 Å². The smallest absolute Gasteiger partial charge is 0.0570 e. The molecule has 0 rings (SSSR count). The van der Waals surface area contributed by atoms with Gasteiger partial charge in [-0.15, -0.1) is 6.58 Å². The van der Waals surface area contributed by atoms with E-state index in [-0.39, 0.29) is 0 Å². The van der Waals surface area contributed by atoms with Gasteiger partial charge in [0.2, 0.25) is 0 Å². The van der Waals surface area contributed by atoms with E-state index < -0.39 is 0 Å². The van der Waals surface area contributed by atoms with Gasteiger partial charge in [-0.05, 0) is 6.42 Å². The molecule has 0 radical (unpaired) electrons. The standard InChI is InChI=1S/C6H12/c1-3-5-6-4-2/h3H,1,4-6H2,2H3/i3D. The molecule has 0 heteroatoms. The topological polar surface area (TPSA) is 0 Å². The summed E-state index contributed by atoms with van der Waals surface area (Å²) < 4.78 is 6.89. The zero-order valence-corrected chi connectivity index (χ0v) is 4.33. The van der Waals surface area contributed by atoms with Gasteiger partial charge in [-0.25, -0.2) is 0 Å². The summed E-state index contributed by atoms with van der Waals surface area (Å²) in [5.41, 5.74) is 0. The minimum atomic E-state index is 0.557. The molecular weight excluding hydrogens is 72.1 g/mol. The van der Waals surface area contributed by atoms with E-state index in [1.807, 2.05) is 0 Å². The van der Waals surface area contributed by atoms with Crippen LogP contribution in [0.4, 0.5) is 0 Å². The van der Waals surface area contributed by atoms with Gasteiger partial charge in [0.15, 0.2) is 0 Å². The third kappa shape index (κ3) is 3.74. The summed E-state index contributed by atoms with van der Waals surface area (Å²) in [5.74, 6) is 0. The molecule has 0 aliphatic heterocycles. The second kappa shape index (κ2) is 4.74. The molecule has 0 saturated carbocycles. The molecule has 0 aromatic carbocycles. The van der Waals surface area contributed by atoms with Crippen LogP contribution in [-0.4, -0.2) is 0 Å². The molecule has 0 aliphatic rings. The predicted molar refractivity (Wildman–Crippen MR) is 29.7 cm³/mol. The van der Waals surface area contributed by atoms with Crippen molar-refractivity contribution in [3.63, 3.8) is 0 Å². The summed E-state index contributed by atoms with van der Waals surface area (Å²) in [6.07, 6.45) is 3.15. The highest BCUT2D eigenvalue weighted by Gasteiger charge is 1.71. The first-order valence-electron chi connectivity index (χ1n) is 2.91. The SMILES string of the molecule is [2H]C(=C)CCCC. The van der Waals surface area contributed by atoms with Gasteiger partial charge in [0.05, 0.1) is 1.37 Å². The summed E-state index contributed by atoms with van der Waals surface area (Å²) in [6, 6.07) is 0.557. The number of hydrogen-bond acceptors (Lipinski definition) is 0. The molecule has 0 nitrogen and oxygen atoms in total. The van der Waals surface area contributed by atoms with Crippen molar-refractivity contribution in [2.45, 2.75) is 26.2 Å². The monoisotopic (exact) mass is 85.1 g/mol. The lowest BCUT2D eigenvalue weighted by molar-refractivity contribution is 0.816. The lowest BCUT2D eigenvalue weighted by Crippen LogP contribution is -1.61. The number of unbranched alkanes of at least 4 members (excludes halogenated alkanes) is 1. The van der Waals surface area contributed by atoms with Crippen molar-refractivity contribution in [3.8, 4) is 0 Å². The fraction of sp³-hybridized carbons (Fsp3) is 0.667. The van der Waals surface area contributed by atoms with E-state index in [4.69, 9.17) is 1.37 Å². The largest absolute Gasteiger partial charge is 0.103 e. The Morgan fingerprint density at radius 3 is 2.83 bits per heavy atom. The van der Waals surface area contributed by atoms with Gasteiger partial charge in [-0.1, -0.05) is 25.8 Å². The Morgan fingerprint density at radius 2 is 2.67 bits per heavy atom. The van der Waals surface area contributed by atoms with E-state index >= 15 is 0 Å². The molecule has 0 spiro atoms. The van der Waals surface area contributed by atoms with Crippen molar-refractivity contribution < 1.29 is 1.37 Å². The minimum absolute atomic E-state index is 0.557. The molecule has 0 aromatic rings. The second-order valence-corrected chi connectivity index (χ2v) is 1.35. The Morgan fingerprint density at radius 1 is 2.00 bits per heavy atom. The van der Waals surface area contributed by atoms with Crippen LogP contribution in [-0.2, 0) is 0 Å². The Bertz CT molecular complexity index is 57.2. The van der Waals surface area contributed by atoms with Gasteiger partial charge in [0.25, 0.3) is 0 Å². The molecule has 0 fully saturated rings. The van der Waals surface area contributed by atoms with Crippen LogP contribution >= 0.6 is 0 Å². The summed E-state index contributed by atoms with van der Waals surface area (Å²) in [4.78, 5) is 0. The van der Waals surface area contributed by atoms with Crippen LogP contribution in [0.25, 0.3) is 0 Å². The zero-order chi connectivity index (χ0) is 5.70. The molecule has 6 heavy (non-hydrogen) atoms. The van der Waals surface area contributed by atoms with E-state index in [1.54, 1.807) is 0 Å². The van der Waals surface area contributed by atoms with E-state index in [9.17, 15) is 0 Å². The van der Waals surface area contributed by atoms with E-state index in [1.165, 1.54) is 0 Å². The zero-order valence-electron chi connectivity index (χ0n) is 5.33. The van der Waals surface area contributed by atoms with Crippen LogP contribution in [0.2, 0.25) is 0 Å². The van der Waals surface area contributed by atoms with Crippen LogP contribution in [0.5, 0.6) is 0 Å². The molecule has 0 heterocycles. The van der Waals surface area contributed by atoms with Gasteiger partial charge in [0, 0.05) is 0 Å². The molecule has 0 aromatic heterocycles. The first kappa shape index (κ1) is 3.91. The van der Waals surface area contributed by atoms with Gasteiger partial charge < -0.3 is 0 Å². The highest BCUT2D eigenvalue weighted by molar-refractivity contribution is 4.64. The van der Waals surface area contributed by atoms with Crippen molar-refractivity contribution in [2.75, 3.05) is 0 Å². The summed E-state index contributed by atoms with van der Waals surface area (Å²) >= 11 is 0. The Kier molecular flexibility index (Phi) is 3.09. The Labute approximate surface area is 41.3 Å². The first-order valence-corrected chi connectivity index (χ1v) is 2.41. The van der Waals surface area contributed by atoms with Crippen molar-refractivity contribution in [1.82, 2.24) is 0 Å². The molecule has 0 saturated heterocycles. The number of rotatable bonds is 3. The lowest BCUT2D eigenvalue weighted by Gasteiger charge is -1.81. The molecule has 0 aliphatic carbocycles. The van der Waals surface area contributed by atoms with E-state index in [0.29, 0.717) is 6.05 Å². The predicted octanol–water partition coefficient (Wildman–Crippen LogP) is 2.36. The number of hydrogen-bond donors (Lipinski definition) is 0. The molecule has 0 bridgehead atoms. The molecule has 0 atom stereocenters. The highest BCUT2D eigenvalue weighted by Crippen LogP contribution is 1.91. The number of allylic oxidation sites excluding steroid dienone is 1. The fourth-order valence-electron chi connectivity index (χ4n) is 0.302. The van der Waals surface area contributed by atoms with Gasteiger partial charge >= 0.3 is 0 Å². The van der Waals surface area contributed by atoms with Crippen molar-refractivity contribution in [1.29, 1.82) is 0 Å². The first-order chi connectivity index (χ1) is 3.27. The summed E-state index contributed by atoms with van der Waals surface area (Å²) in [5, 5.41) is 0. The fourth-order valence-corrected chi connectivity index (χ4v) is 0.302. The second-order valence-electron chi connectivity index (χ2n) is 1.35. The van der Waals surface area contributed by atoms with Crippen LogP contribution < -0.4 is 0 Å². The summed E-state index contributed by atoms with van der Waals surface area (Å²) in [6.45, 7) is 5.57. The highest BCUT2D eigenvalue weighted by atomic mass is 13.8. The Hall–Kier alpha value is -0.260. The van der Waals surface area contributed by atoms with Crippen LogP contribution in [0.1, 0.15) is 27.6 Å². The van der Waals surface area contributed by atoms with Crippen molar-refractivity contribution >= 4 is 0 Å². The molecular formula is C6H12. The van der Waals surface area contributed by atoms with Gasteiger partial charge in [-0.3, -0.25) is 0 Å². The van der Waals surface area contributed by atoms with Crippen molar-refractivity contribution in [2.24, 2.45) is 0 Å². The maximum absolute atomic E-state index is 6.89. The van der Waals surface area contributed by atoms with E-state index in [0.717, 1.165) is 19.3 Å². The molecule has 36 valence electrons. The van der Waals surface area contributed by atoms with Crippen molar-refractivity contribution in [3.05, 3.63) is 12.6 Å². The molecule has 0 unspecified atom stereocenters. The summed E-state index contributed by atoms with van der Waals surface area (Å²) in [7, 11) is 0. The lowest BCUT2D eigenvalue weighted by atomic mass is 10.3. The minimum Gasteiger partial charge on any atom is -0.103 e. The maximum atomic E-state index is 6.89. The van der Waals surface area contributed by atoms with Crippen LogP contribution in [0.15, 0.2) is 12.6 Å².